The van der Waals surface area contributed by atoms with Crippen LogP contribution in [0.3, 0.4) is 0 Å². The molecule has 0 saturated carbocycles. The Morgan fingerprint density at radius 1 is 1.02 bits per heavy atom. The first-order valence-corrected chi connectivity index (χ1v) is 17.2. The summed E-state index contributed by atoms with van der Waals surface area (Å²) in [7, 11) is 3.92. The van der Waals surface area contributed by atoms with E-state index in [2.05, 4.69) is 10.3 Å². The van der Waals surface area contributed by atoms with Crippen LogP contribution in [0.1, 0.15) is 72.6 Å². The van der Waals surface area contributed by atoms with Gasteiger partial charge in [-0.1, -0.05) is 53.5 Å². The molecule has 8 nitrogen and oxygen atoms in total. The smallest absolute Gasteiger partial charge is 0.311 e. The molecule has 0 bridgehead atoms. The number of anilines is 2. The van der Waals surface area contributed by atoms with E-state index in [0.717, 1.165) is 54.1 Å². The number of nitrogens with zero attached hydrogens (tertiary/aromatic N) is 3. The van der Waals surface area contributed by atoms with E-state index >= 15 is 0 Å². The zero-order valence-electron chi connectivity index (χ0n) is 24.1. The van der Waals surface area contributed by atoms with E-state index in [1.54, 1.807) is 30.5 Å². The average Bonchev–Trinajstić information content (AvgIpc) is 3.71. The first-order valence-electron chi connectivity index (χ1n) is 14.8. The largest absolute Gasteiger partial charge is 0.427 e. The molecule has 2 aliphatic rings. The van der Waals surface area contributed by atoms with E-state index in [-0.39, 0.29) is 17.8 Å². The number of imidazole rings is 1. The molecule has 43 heavy (non-hydrogen) atoms. The van der Waals surface area contributed by atoms with Gasteiger partial charge in [0.05, 0.1) is 5.69 Å². The van der Waals surface area contributed by atoms with Crippen LogP contribution < -0.4 is 10.1 Å². The molecule has 222 valence electrons. The molecule has 1 atom stereocenters. The van der Waals surface area contributed by atoms with Gasteiger partial charge in [-0.25, -0.2) is 4.98 Å². The van der Waals surface area contributed by atoms with Crippen LogP contribution in [0.2, 0.25) is 0 Å². The van der Waals surface area contributed by atoms with Gasteiger partial charge >= 0.3 is 5.97 Å². The van der Waals surface area contributed by atoms with E-state index in [4.69, 9.17) is 4.74 Å². The van der Waals surface area contributed by atoms with Crippen molar-refractivity contribution in [3.05, 3.63) is 78.1 Å². The Kier molecular flexibility index (Phi) is 9.04. The van der Waals surface area contributed by atoms with Gasteiger partial charge in [0.15, 0.2) is 0 Å². The number of benzene rings is 3. The van der Waals surface area contributed by atoms with Gasteiger partial charge < -0.3 is 10.1 Å². The number of carbonyl (C=O) groups excluding carboxylic acids is 3. The lowest BCUT2D eigenvalue weighted by Gasteiger charge is -2.28. The highest BCUT2D eigenvalue weighted by atomic mass is 33.1. The van der Waals surface area contributed by atoms with Gasteiger partial charge in [-0.3, -0.25) is 23.9 Å². The number of hydrogen-bond acceptors (Lipinski definition) is 8. The number of unbranched alkanes of at least 4 members (excludes halogenated alkanes) is 2. The SMILES string of the molecule is CCCCN1C(=O)c2cccc3c(-n4ccnc4Nc4ccc(OC(=O)CCCCC5CCSS5)cc4)ccc(c23)C1=O. The molecule has 1 unspecified atom stereocenters. The fourth-order valence-electron chi connectivity index (χ4n) is 5.57. The third-order valence-electron chi connectivity index (χ3n) is 7.83. The monoisotopic (exact) mass is 614 g/mol. The summed E-state index contributed by atoms with van der Waals surface area (Å²) in [5, 5.41) is 5.54. The van der Waals surface area contributed by atoms with Gasteiger partial charge in [-0.05, 0) is 68.1 Å². The van der Waals surface area contributed by atoms with Crippen LogP contribution in [0.5, 0.6) is 5.75 Å². The summed E-state index contributed by atoms with van der Waals surface area (Å²) >= 11 is 0. The minimum atomic E-state index is -0.249. The number of carbonyl (C=O) groups is 3. The minimum absolute atomic E-state index is 0.210. The third kappa shape index (κ3) is 6.31. The number of esters is 1. The van der Waals surface area contributed by atoms with Crippen molar-refractivity contribution in [2.24, 2.45) is 0 Å². The fourth-order valence-corrected chi connectivity index (χ4v) is 8.60. The molecule has 3 aromatic carbocycles. The van der Waals surface area contributed by atoms with Gasteiger partial charge in [-0.15, -0.1) is 0 Å². The standard InChI is InChI=1S/C33H34N4O4S2/c1-2-3-19-37-31(39)26-9-6-8-25-28(16-15-27(30(25)26)32(37)40)36-20-18-34-33(36)35-22-11-13-23(14-12-22)41-29(38)10-5-4-7-24-17-21-42-43-24/h6,8-9,11-16,18,20,24H,2-5,7,10,17,19,21H2,1H3,(H,34,35). The molecule has 2 aliphatic heterocycles. The molecule has 1 saturated heterocycles. The second-order valence-electron chi connectivity index (χ2n) is 10.8. The summed E-state index contributed by atoms with van der Waals surface area (Å²) < 4.78 is 7.45. The van der Waals surface area contributed by atoms with Gasteiger partial charge in [-0.2, -0.15) is 0 Å². The minimum Gasteiger partial charge on any atom is -0.427 e. The molecule has 6 rings (SSSR count). The topological polar surface area (TPSA) is 93.5 Å². The Hall–Kier alpha value is -3.76. The van der Waals surface area contributed by atoms with Crippen LogP contribution in [-0.4, -0.2) is 49.8 Å². The van der Waals surface area contributed by atoms with Crippen molar-refractivity contribution in [3.8, 4) is 11.4 Å². The summed E-state index contributed by atoms with van der Waals surface area (Å²) in [6.45, 7) is 2.46. The Balaban J connectivity index is 1.14. The first-order chi connectivity index (χ1) is 21.0. The van der Waals surface area contributed by atoms with Crippen molar-refractivity contribution < 1.29 is 19.1 Å². The van der Waals surface area contributed by atoms with Gasteiger partial charge in [0.1, 0.15) is 5.75 Å². The van der Waals surface area contributed by atoms with Crippen LogP contribution in [0.15, 0.2) is 67.0 Å². The highest BCUT2D eigenvalue weighted by Gasteiger charge is 2.33. The Bertz CT molecular complexity index is 1620. The summed E-state index contributed by atoms with van der Waals surface area (Å²) in [6, 6.07) is 16.5. The molecule has 1 fully saturated rings. The highest BCUT2D eigenvalue weighted by Crippen LogP contribution is 2.40. The molecule has 3 heterocycles. The van der Waals surface area contributed by atoms with E-state index in [9.17, 15) is 14.4 Å². The summed E-state index contributed by atoms with van der Waals surface area (Å²) in [5.74, 6) is 1.60. The molecule has 10 heteroatoms. The van der Waals surface area contributed by atoms with Crippen molar-refractivity contribution in [1.29, 1.82) is 0 Å². The molecule has 4 aromatic rings. The fraction of sp³-hybridized carbons (Fsp3) is 0.333. The predicted molar refractivity (Wildman–Crippen MR) is 174 cm³/mol. The molecular weight excluding hydrogens is 581 g/mol. The highest BCUT2D eigenvalue weighted by molar-refractivity contribution is 8.77. The molecule has 0 aliphatic carbocycles. The molecule has 1 N–H and O–H groups in total. The number of imide groups is 1. The predicted octanol–water partition coefficient (Wildman–Crippen LogP) is 7.78. The zero-order valence-corrected chi connectivity index (χ0v) is 25.7. The van der Waals surface area contributed by atoms with Crippen LogP contribution >= 0.6 is 21.6 Å². The molecular formula is C33H34N4O4S2. The van der Waals surface area contributed by atoms with E-state index in [1.165, 1.54) is 17.1 Å². The number of rotatable bonds is 12. The van der Waals surface area contributed by atoms with Crippen LogP contribution in [-0.2, 0) is 4.79 Å². The zero-order chi connectivity index (χ0) is 29.8. The Morgan fingerprint density at radius 3 is 2.60 bits per heavy atom. The summed E-state index contributed by atoms with van der Waals surface area (Å²) in [4.78, 5) is 44.8. The summed E-state index contributed by atoms with van der Waals surface area (Å²) in [6.07, 6.45) is 9.95. The van der Waals surface area contributed by atoms with Gasteiger partial charge in [0, 0.05) is 63.9 Å². The van der Waals surface area contributed by atoms with Crippen molar-refractivity contribution in [2.45, 2.75) is 57.1 Å². The average molecular weight is 615 g/mol. The number of amides is 2. The van der Waals surface area contributed by atoms with Crippen LogP contribution in [0.4, 0.5) is 11.6 Å². The number of nitrogens with one attached hydrogen (secondary N) is 1. The summed E-state index contributed by atoms with van der Waals surface area (Å²) in [5.41, 5.74) is 2.66. The van der Waals surface area contributed by atoms with Gasteiger partial charge in [0.25, 0.3) is 11.8 Å². The van der Waals surface area contributed by atoms with Gasteiger partial charge in [0.2, 0.25) is 5.95 Å². The lowest BCUT2D eigenvalue weighted by molar-refractivity contribution is -0.134. The van der Waals surface area contributed by atoms with Crippen LogP contribution in [0, 0.1) is 0 Å². The number of hydrogen-bond donors (Lipinski definition) is 1. The first kappa shape index (κ1) is 29.3. The number of aromatic nitrogens is 2. The maximum absolute atomic E-state index is 13.3. The second-order valence-corrected chi connectivity index (χ2v) is 13.6. The Morgan fingerprint density at radius 2 is 1.84 bits per heavy atom. The van der Waals surface area contributed by atoms with E-state index in [0.29, 0.717) is 41.2 Å². The second kappa shape index (κ2) is 13.3. The maximum Gasteiger partial charge on any atom is 0.311 e. The van der Waals surface area contributed by atoms with E-state index < -0.39 is 0 Å². The normalized spacial score (nSPS) is 16.2. The van der Waals surface area contributed by atoms with E-state index in [1.807, 2.05) is 69.6 Å². The Labute approximate surface area is 259 Å². The quantitative estimate of drug-likeness (QED) is 0.0568. The number of ether oxygens (including phenoxy) is 1. The maximum atomic E-state index is 13.3. The molecule has 2 amide bonds. The molecule has 0 radical (unpaired) electrons. The van der Waals surface area contributed by atoms with Crippen molar-refractivity contribution in [1.82, 2.24) is 14.5 Å². The van der Waals surface area contributed by atoms with Crippen molar-refractivity contribution in [3.63, 3.8) is 0 Å². The lowest BCUT2D eigenvalue weighted by atomic mass is 9.93. The lowest BCUT2D eigenvalue weighted by Crippen LogP contribution is -2.40. The van der Waals surface area contributed by atoms with Crippen molar-refractivity contribution in [2.75, 3.05) is 17.6 Å². The molecule has 0 spiro atoms. The molecule has 1 aromatic heterocycles. The van der Waals surface area contributed by atoms with Crippen molar-refractivity contribution >= 4 is 61.8 Å². The third-order valence-corrected chi connectivity index (χ3v) is 10.8. The van der Waals surface area contributed by atoms with Crippen LogP contribution in [0.25, 0.3) is 16.5 Å².